The zero-order chi connectivity index (χ0) is 15.8. The Bertz CT molecular complexity index is 483. The largest absolute Gasteiger partial charge is 0.394 e. The van der Waals surface area contributed by atoms with E-state index in [9.17, 15) is 9.59 Å². The third-order valence-electron chi connectivity index (χ3n) is 2.93. The molecule has 1 rings (SSSR count). The summed E-state index contributed by atoms with van der Waals surface area (Å²) in [6.45, 7) is 1.16. The molecule has 8 nitrogen and oxygen atoms in total. The number of ether oxygens (including phenoxy) is 1. The van der Waals surface area contributed by atoms with Crippen LogP contribution in [0.2, 0.25) is 0 Å². The summed E-state index contributed by atoms with van der Waals surface area (Å²) >= 11 is 0. The predicted molar refractivity (Wildman–Crippen MR) is 73.7 cm³/mol. The molecule has 0 bridgehead atoms. The Kier molecular flexibility index (Phi) is 6.52. The first kappa shape index (κ1) is 16.8. The lowest BCUT2D eigenvalue weighted by atomic mass is 10.1. The molecule has 0 spiro atoms. The minimum absolute atomic E-state index is 0.0922. The zero-order valence-electron chi connectivity index (χ0n) is 11.9. The standard InChI is InChI=1S/C13H18N4O4/c1-9(20)16-12(15-8-19)3-4-17(2)13-10(6-14)5-11(7-18)21-13/h3-4,8,10-11,13,18H,5,7H2,1-2H3,(H,15,16,19,20)/b4-3-. The van der Waals surface area contributed by atoms with Crippen LogP contribution in [0.25, 0.3) is 0 Å². The number of nitrogens with zero attached hydrogens (tertiary/aromatic N) is 3. The van der Waals surface area contributed by atoms with E-state index in [0.29, 0.717) is 12.8 Å². The Balaban J connectivity index is 2.74. The molecule has 21 heavy (non-hydrogen) atoms. The molecule has 1 saturated heterocycles. The first-order valence-corrected chi connectivity index (χ1v) is 6.37. The van der Waals surface area contributed by atoms with Crippen molar-refractivity contribution in [3.63, 3.8) is 0 Å². The Labute approximate surface area is 122 Å². The number of nitriles is 1. The molecule has 1 aliphatic rings. The molecule has 0 aliphatic carbocycles. The maximum atomic E-state index is 11.0. The van der Waals surface area contributed by atoms with Gasteiger partial charge in [-0.15, -0.1) is 0 Å². The Hall–Kier alpha value is -2.24. The SMILES string of the molecule is CC(=O)NC(/C=C\N(C)C1OC(CO)CC1C#N)=N/C=O. The predicted octanol–water partition coefficient (Wildman–Crippen LogP) is -0.630. The number of aliphatic imine (C=N–C) groups is 1. The number of aliphatic hydroxyl groups excluding tert-OH is 1. The molecule has 1 aliphatic heterocycles. The second-order valence-electron chi connectivity index (χ2n) is 4.58. The second kappa shape index (κ2) is 8.14. The van der Waals surface area contributed by atoms with E-state index < -0.39 is 6.23 Å². The van der Waals surface area contributed by atoms with E-state index in [4.69, 9.17) is 15.1 Å². The lowest BCUT2D eigenvalue weighted by molar-refractivity contribution is -0.117. The van der Waals surface area contributed by atoms with Crippen LogP contribution in [0.4, 0.5) is 0 Å². The highest BCUT2D eigenvalue weighted by molar-refractivity contribution is 6.05. The van der Waals surface area contributed by atoms with Gasteiger partial charge in [-0.1, -0.05) is 0 Å². The summed E-state index contributed by atoms with van der Waals surface area (Å²) in [6.07, 6.45) is 2.89. The number of amides is 2. The zero-order valence-corrected chi connectivity index (χ0v) is 11.9. The summed E-state index contributed by atoms with van der Waals surface area (Å²) < 4.78 is 5.55. The van der Waals surface area contributed by atoms with Crippen molar-refractivity contribution >= 4 is 18.2 Å². The maximum absolute atomic E-state index is 11.0. The summed E-state index contributed by atoms with van der Waals surface area (Å²) in [7, 11) is 1.69. The molecule has 0 saturated carbocycles. The number of amidine groups is 1. The van der Waals surface area contributed by atoms with E-state index >= 15 is 0 Å². The topological polar surface area (TPSA) is 115 Å². The maximum Gasteiger partial charge on any atom is 0.234 e. The number of nitrogens with one attached hydrogen (secondary N) is 1. The number of rotatable bonds is 5. The third kappa shape index (κ3) is 4.98. The van der Waals surface area contributed by atoms with Gasteiger partial charge in [0.15, 0.2) is 0 Å². The molecule has 1 heterocycles. The smallest absolute Gasteiger partial charge is 0.234 e. The van der Waals surface area contributed by atoms with E-state index in [1.54, 1.807) is 18.1 Å². The summed E-state index contributed by atoms with van der Waals surface area (Å²) in [5.41, 5.74) is 0. The molecule has 3 atom stereocenters. The molecular weight excluding hydrogens is 276 g/mol. The van der Waals surface area contributed by atoms with Gasteiger partial charge in [0.25, 0.3) is 0 Å². The molecule has 8 heteroatoms. The third-order valence-corrected chi connectivity index (χ3v) is 2.93. The van der Waals surface area contributed by atoms with Crippen molar-refractivity contribution < 1.29 is 19.4 Å². The van der Waals surface area contributed by atoms with E-state index in [2.05, 4.69) is 16.4 Å². The lowest BCUT2D eigenvalue weighted by Crippen LogP contribution is -2.33. The van der Waals surface area contributed by atoms with Crippen molar-refractivity contribution in [1.29, 1.82) is 5.26 Å². The minimum atomic E-state index is -0.502. The Morgan fingerprint density at radius 1 is 1.67 bits per heavy atom. The molecule has 0 radical (unpaired) electrons. The van der Waals surface area contributed by atoms with E-state index in [1.807, 2.05) is 0 Å². The summed E-state index contributed by atoms with van der Waals surface area (Å²) in [6, 6.07) is 2.14. The van der Waals surface area contributed by atoms with Gasteiger partial charge in [-0.05, 0) is 12.5 Å². The highest BCUT2D eigenvalue weighted by atomic mass is 16.5. The van der Waals surface area contributed by atoms with Crippen LogP contribution in [0.15, 0.2) is 17.3 Å². The molecule has 1 fully saturated rings. The van der Waals surface area contributed by atoms with Crippen LogP contribution in [0.1, 0.15) is 13.3 Å². The van der Waals surface area contributed by atoms with Crippen LogP contribution >= 0.6 is 0 Å². The van der Waals surface area contributed by atoms with Crippen molar-refractivity contribution in [2.75, 3.05) is 13.7 Å². The highest BCUT2D eigenvalue weighted by Crippen LogP contribution is 2.27. The number of hydrogen-bond acceptors (Lipinski definition) is 6. The highest BCUT2D eigenvalue weighted by Gasteiger charge is 2.36. The number of carbonyl (C=O) groups excluding carboxylic acids is 2. The normalized spacial score (nSPS) is 25.6. The fourth-order valence-corrected chi connectivity index (χ4v) is 1.99. The molecule has 0 aromatic rings. The van der Waals surface area contributed by atoms with Crippen molar-refractivity contribution in [1.82, 2.24) is 10.2 Å². The van der Waals surface area contributed by atoms with Crippen LogP contribution in [-0.4, -0.2) is 54.1 Å². The average Bonchev–Trinajstić information content (AvgIpc) is 2.87. The lowest BCUT2D eigenvalue weighted by Gasteiger charge is -2.24. The van der Waals surface area contributed by atoms with Gasteiger partial charge in [0.05, 0.1) is 24.7 Å². The van der Waals surface area contributed by atoms with Crippen molar-refractivity contribution in [3.05, 3.63) is 12.3 Å². The van der Waals surface area contributed by atoms with Gasteiger partial charge in [0.1, 0.15) is 12.1 Å². The summed E-state index contributed by atoms with van der Waals surface area (Å²) in [4.78, 5) is 26.5. The van der Waals surface area contributed by atoms with E-state index in [-0.39, 0.29) is 30.4 Å². The monoisotopic (exact) mass is 294 g/mol. The molecule has 3 unspecified atom stereocenters. The molecular formula is C13H18N4O4. The van der Waals surface area contributed by atoms with Crippen molar-refractivity contribution in [2.45, 2.75) is 25.7 Å². The van der Waals surface area contributed by atoms with E-state index in [0.717, 1.165) is 0 Å². The van der Waals surface area contributed by atoms with Crippen LogP contribution in [0.3, 0.4) is 0 Å². The van der Waals surface area contributed by atoms with Crippen molar-refractivity contribution in [2.24, 2.45) is 10.9 Å². The van der Waals surface area contributed by atoms with Gasteiger partial charge in [-0.2, -0.15) is 10.3 Å². The molecule has 114 valence electrons. The Morgan fingerprint density at radius 2 is 2.38 bits per heavy atom. The summed E-state index contributed by atoms with van der Waals surface area (Å²) in [5.74, 6) is -0.631. The van der Waals surface area contributed by atoms with Gasteiger partial charge >= 0.3 is 0 Å². The molecule has 2 amide bonds. The quantitative estimate of drug-likeness (QED) is 0.396. The minimum Gasteiger partial charge on any atom is -0.394 e. The van der Waals surface area contributed by atoms with Gasteiger partial charge in [0, 0.05) is 20.2 Å². The number of carbonyl (C=O) groups is 2. The average molecular weight is 294 g/mol. The fourth-order valence-electron chi connectivity index (χ4n) is 1.99. The van der Waals surface area contributed by atoms with Crippen LogP contribution < -0.4 is 5.32 Å². The van der Waals surface area contributed by atoms with Crippen LogP contribution in [-0.2, 0) is 14.3 Å². The number of aliphatic hydroxyl groups is 1. The first-order chi connectivity index (χ1) is 10.0. The van der Waals surface area contributed by atoms with Crippen LogP contribution in [0.5, 0.6) is 0 Å². The van der Waals surface area contributed by atoms with Gasteiger partial charge < -0.3 is 20.1 Å². The van der Waals surface area contributed by atoms with Gasteiger partial charge in [-0.25, -0.2) is 0 Å². The van der Waals surface area contributed by atoms with Crippen molar-refractivity contribution in [3.8, 4) is 6.07 Å². The molecule has 0 aromatic heterocycles. The second-order valence-corrected chi connectivity index (χ2v) is 4.58. The van der Waals surface area contributed by atoms with E-state index in [1.165, 1.54) is 13.0 Å². The Morgan fingerprint density at radius 3 is 2.90 bits per heavy atom. The van der Waals surface area contributed by atoms with Gasteiger partial charge in [0.2, 0.25) is 12.3 Å². The number of hydrogen-bond donors (Lipinski definition) is 2. The summed E-state index contributed by atoms with van der Waals surface area (Å²) in [5, 5.41) is 20.6. The molecule has 2 N–H and O–H groups in total. The first-order valence-electron chi connectivity index (χ1n) is 6.37. The fraction of sp³-hybridized carbons (Fsp3) is 0.538. The van der Waals surface area contributed by atoms with Gasteiger partial charge in [-0.3, -0.25) is 9.59 Å². The molecule has 0 aromatic carbocycles. The van der Waals surface area contributed by atoms with Crippen LogP contribution in [0, 0.1) is 17.2 Å².